The van der Waals surface area contributed by atoms with E-state index in [0.29, 0.717) is 0 Å². The topological polar surface area (TPSA) is 52.0 Å². The van der Waals surface area contributed by atoms with E-state index < -0.39 is 0 Å². The van der Waals surface area contributed by atoms with E-state index >= 15 is 0 Å². The van der Waals surface area contributed by atoms with Crippen molar-refractivity contribution in [2.75, 3.05) is 13.1 Å². The van der Waals surface area contributed by atoms with Crippen LogP contribution in [0.2, 0.25) is 0 Å². The SMILES string of the molecule is CCCC(CN)CCCCCCCCN. The maximum absolute atomic E-state index is 5.73. The molecule has 0 aliphatic rings. The molecule has 0 aromatic heterocycles. The van der Waals surface area contributed by atoms with Crippen molar-refractivity contribution >= 4 is 0 Å². The number of hydrogen-bond acceptors (Lipinski definition) is 2. The van der Waals surface area contributed by atoms with Crippen LogP contribution in [0.4, 0.5) is 0 Å². The van der Waals surface area contributed by atoms with E-state index in [1.165, 1.54) is 57.8 Å². The largest absolute Gasteiger partial charge is 0.330 e. The lowest BCUT2D eigenvalue weighted by Gasteiger charge is -2.12. The summed E-state index contributed by atoms with van der Waals surface area (Å²) < 4.78 is 0. The molecule has 0 bridgehead atoms. The second-order valence-electron chi connectivity index (χ2n) is 4.59. The van der Waals surface area contributed by atoms with Gasteiger partial charge in [-0.15, -0.1) is 0 Å². The van der Waals surface area contributed by atoms with Crippen LogP contribution in [-0.2, 0) is 0 Å². The molecule has 2 nitrogen and oxygen atoms in total. The summed E-state index contributed by atoms with van der Waals surface area (Å²) in [5.74, 6) is 0.777. The highest BCUT2D eigenvalue weighted by Crippen LogP contribution is 2.15. The molecule has 15 heavy (non-hydrogen) atoms. The van der Waals surface area contributed by atoms with Crippen LogP contribution in [0.5, 0.6) is 0 Å². The van der Waals surface area contributed by atoms with Gasteiger partial charge < -0.3 is 11.5 Å². The maximum Gasteiger partial charge on any atom is -0.00489 e. The number of nitrogens with two attached hydrogens (primary N) is 2. The monoisotopic (exact) mass is 214 g/mol. The summed E-state index contributed by atoms with van der Waals surface area (Å²) in [6, 6.07) is 0. The first-order chi connectivity index (χ1) is 7.35. The van der Waals surface area contributed by atoms with Gasteiger partial charge in [0.25, 0.3) is 0 Å². The van der Waals surface area contributed by atoms with Gasteiger partial charge in [0.1, 0.15) is 0 Å². The van der Waals surface area contributed by atoms with Crippen LogP contribution in [0.1, 0.15) is 64.7 Å². The molecule has 1 unspecified atom stereocenters. The van der Waals surface area contributed by atoms with Gasteiger partial charge in [-0.3, -0.25) is 0 Å². The fourth-order valence-electron chi connectivity index (χ4n) is 2.07. The summed E-state index contributed by atoms with van der Waals surface area (Å²) in [5, 5.41) is 0. The number of rotatable bonds is 11. The lowest BCUT2D eigenvalue weighted by Crippen LogP contribution is -2.13. The highest BCUT2D eigenvalue weighted by molar-refractivity contribution is 4.59. The molecule has 4 N–H and O–H groups in total. The van der Waals surface area contributed by atoms with Gasteiger partial charge in [-0.05, 0) is 38.3 Å². The summed E-state index contributed by atoms with van der Waals surface area (Å²) in [7, 11) is 0. The fraction of sp³-hybridized carbons (Fsp3) is 1.00. The van der Waals surface area contributed by atoms with Gasteiger partial charge in [-0.1, -0.05) is 45.4 Å². The molecule has 0 heterocycles. The van der Waals surface area contributed by atoms with Crippen LogP contribution in [0.3, 0.4) is 0 Å². The highest BCUT2D eigenvalue weighted by Gasteiger charge is 2.04. The molecule has 0 rings (SSSR count). The van der Waals surface area contributed by atoms with Gasteiger partial charge in [-0.25, -0.2) is 0 Å². The van der Waals surface area contributed by atoms with Crippen molar-refractivity contribution in [2.24, 2.45) is 17.4 Å². The van der Waals surface area contributed by atoms with Crippen LogP contribution >= 0.6 is 0 Å². The summed E-state index contributed by atoms with van der Waals surface area (Å²) in [6.07, 6.45) is 11.9. The molecule has 2 heteroatoms. The molecule has 0 saturated heterocycles. The maximum atomic E-state index is 5.73. The minimum Gasteiger partial charge on any atom is -0.330 e. The Morgan fingerprint density at radius 1 is 0.800 bits per heavy atom. The summed E-state index contributed by atoms with van der Waals surface area (Å²) >= 11 is 0. The summed E-state index contributed by atoms with van der Waals surface area (Å²) in [5.41, 5.74) is 11.2. The Morgan fingerprint density at radius 3 is 1.93 bits per heavy atom. The van der Waals surface area contributed by atoms with Crippen LogP contribution in [0.15, 0.2) is 0 Å². The zero-order chi connectivity index (χ0) is 11.4. The second-order valence-corrected chi connectivity index (χ2v) is 4.59. The van der Waals surface area contributed by atoms with Crippen LogP contribution < -0.4 is 11.5 Å². The lowest BCUT2D eigenvalue weighted by molar-refractivity contribution is 0.427. The molecule has 0 spiro atoms. The van der Waals surface area contributed by atoms with Gasteiger partial charge in [0.05, 0.1) is 0 Å². The first-order valence-electron chi connectivity index (χ1n) is 6.75. The standard InChI is InChI=1S/C13H30N2/c1-2-9-13(12-15)10-7-5-3-4-6-8-11-14/h13H,2-12,14-15H2,1H3. The Morgan fingerprint density at radius 2 is 1.40 bits per heavy atom. The van der Waals surface area contributed by atoms with E-state index in [1.807, 2.05) is 0 Å². The van der Waals surface area contributed by atoms with E-state index in [-0.39, 0.29) is 0 Å². The normalized spacial score (nSPS) is 13.0. The van der Waals surface area contributed by atoms with Crippen LogP contribution in [0.25, 0.3) is 0 Å². The minimum atomic E-state index is 0.777. The molecule has 92 valence electrons. The third-order valence-electron chi connectivity index (χ3n) is 3.10. The van der Waals surface area contributed by atoms with E-state index in [1.54, 1.807) is 0 Å². The Labute approximate surface area is 95.8 Å². The van der Waals surface area contributed by atoms with E-state index in [4.69, 9.17) is 11.5 Å². The van der Waals surface area contributed by atoms with Gasteiger partial charge >= 0.3 is 0 Å². The molecule has 0 saturated carbocycles. The zero-order valence-electron chi connectivity index (χ0n) is 10.5. The molecular formula is C13H30N2. The molecule has 0 aromatic carbocycles. The van der Waals surface area contributed by atoms with E-state index in [0.717, 1.165) is 19.0 Å². The number of hydrogen-bond donors (Lipinski definition) is 2. The third kappa shape index (κ3) is 10.2. The molecule has 0 amide bonds. The second kappa shape index (κ2) is 12.0. The van der Waals surface area contributed by atoms with Crippen molar-refractivity contribution in [3.8, 4) is 0 Å². The first kappa shape index (κ1) is 14.9. The average molecular weight is 214 g/mol. The third-order valence-corrected chi connectivity index (χ3v) is 3.10. The van der Waals surface area contributed by atoms with Crippen molar-refractivity contribution in [1.82, 2.24) is 0 Å². The molecule has 0 radical (unpaired) electrons. The van der Waals surface area contributed by atoms with Crippen molar-refractivity contribution in [2.45, 2.75) is 64.7 Å². The Balaban J connectivity index is 3.14. The number of unbranched alkanes of at least 4 members (excludes halogenated alkanes) is 5. The molecule has 0 fully saturated rings. The van der Waals surface area contributed by atoms with Crippen LogP contribution in [0, 0.1) is 5.92 Å². The summed E-state index contributed by atoms with van der Waals surface area (Å²) in [6.45, 7) is 3.97. The smallest absolute Gasteiger partial charge is 0.00489 e. The van der Waals surface area contributed by atoms with Gasteiger partial charge in [0, 0.05) is 0 Å². The Kier molecular flexibility index (Phi) is 11.9. The highest BCUT2D eigenvalue weighted by atomic mass is 14.5. The molecule has 1 atom stereocenters. The molecule has 0 aromatic rings. The van der Waals surface area contributed by atoms with Gasteiger partial charge in [-0.2, -0.15) is 0 Å². The first-order valence-corrected chi connectivity index (χ1v) is 6.75. The Hall–Kier alpha value is -0.0800. The fourth-order valence-corrected chi connectivity index (χ4v) is 2.07. The quantitative estimate of drug-likeness (QED) is 0.519. The van der Waals surface area contributed by atoms with Crippen LogP contribution in [-0.4, -0.2) is 13.1 Å². The van der Waals surface area contributed by atoms with Crippen molar-refractivity contribution in [3.05, 3.63) is 0 Å². The predicted molar refractivity (Wildman–Crippen MR) is 68.8 cm³/mol. The molecule has 0 aliphatic carbocycles. The molecular weight excluding hydrogens is 184 g/mol. The minimum absolute atomic E-state index is 0.777. The van der Waals surface area contributed by atoms with Crippen molar-refractivity contribution in [1.29, 1.82) is 0 Å². The van der Waals surface area contributed by atoms with E-state index in [2.05, 4.69) is 6.92 Å². The lowest BCUT2D eigenvalue weighted by atomic mass is 9.96. The molecule has 0 aliphatic heterocycles. The van der Waals surface area contributed by atoms with Crippen molar-refractivity contribution in [3.63, 3.8) is 0 Å². The van der Waals surface area contributed by atoms with Gasteiger partial charge in [0.2, 0.25) is 0 Å². The summed E-state index contributed by atoms with van der Waals surface area (Å²) in [4.78, 5) is 0. The Bertz CT molecular complexity index is 115. The average Bonchev–Trinajstić information content (AvgIpc) is 2.26. The van der Waals surface area contributed by atoms with Gasteiger partial charge in [0.15, 0.2) is 0 Å². The zero-order valence-corrected chi connectivity index (χ0v) is 10.5. The predicted octanol–water partition coefficient (Wildman–Crippen LogP) is 3.05. The van der Waals surface area contributed by atoms with Crippen molar-refractivity contribution < 1.29 is 0 Å². The van der Waals surface area contributed by atoms with E-state index in [9.17, 15) is 0 Å².